The number of hydrazone groups is 1. The Morgan fingerprint density at radius 2 is 1.73 bits per heavy atom. The molecule has 26 heavy (non-hydrogen) atoms. The van der Waals surface area contributed by atoms with Gasteiger partial charge in [-0.3, -0.25) is 14.9 Å². The summed E-state index contributed by atoms with van der Waals surface area (Å²) in [7, 11) is 0. The van der Waals surface area contributed by atoms with E-state index in [1.54, 1.807) is 18.2 Å². The Labute approximate surface area is 157 Å². The Morgan fingerprint density at radius 1 is 1.12 bits per heavy atom. The summed E-state index contributed by atoms with van der Waals surface area (Å²) in [5, 5.41) is 25.1. The number of rotatable bonds is 4. The largest absolute Gasteiger partial charge is 0.508 e. The third-order valence-corrected chi connectivity index (χ3v) is 4.67. The van der Waals surface area contributed by atoms with Crippen LogP contribution in [-0.2, 0) is 4.79 Å². The lowest BCUT2D eigenvalue weighted by Crippen LogP contribution is -2.22. The molecule has 0 aromatic heterocycles. The van der Waals surface area contributed by atoms with Crippen molar-refractivity contribution in [1.29, 1.82) is 0 Å². The zero-order chi connectivity index (χ0) is 18.7. The molecule has 1 saturated heterocycles. The SMILES string of the molecule is O=C1/C(=C\c2ccc(O)cc2)SC(=S)N1/N=C/c1ccc([N+](=O)[O-])cc1. The number of nitro groups is 1. The number of nitro benzene ring substituents is 1. The van der Waals surface area contributed by atoms with E-state index >= 15 is 0 Å². The molecule has 130 valence electrons. The van der Waals surface area contributed by atoms with Crippen LogP contribution >= 0.6 is 24.0 Å². The fourth-order valence-electron chi connectivity index (χ4n) is 2.09. The highest BCUT2D eigenvalue weighted by Crippen LogP contribution is 2.32. The summed E-state index contributed by atoms with van der Waals surface area (Å²) in [6.07, 6.45) is 3.08. The summed E-state index contributed by atoms with van der Waals surface area (Å²) in [6, 6.07) is 12.2. The van der Waals surface area contributed by atoms with Gasteiger partial charge in [0.05, 0.1) is 16.0 Å². The summed E-state index contributed by atoms with van der Waals surface area (Å²) < 4.78 is 0.290. The van der Waals surface area contributed by atoms with Crippen LogP contribution in [0.25, 0.3) is 6.08 Å². The number of aromatic hydroxyl groups is 1. The molecule has 0 aliphatic carbocycles. The van der Waals surface area contributed by atoms with Crippen molar-refractivity contribution < 1.29 is 14.8 Å². The summed E-state index contributed by atoms with van der Waals surface area (Å²) in [6.45, 7) is 0. The number of thiocarbonyl (C=S) groups is 1. The van der Waals surface area contributed by atoms with Crippen LogP contribution in [0.4, 0.5) is 5.69 Å². The van der Waals surface area contributed by atoms with E-state index in [9.17, 15) is 20.0 Å². The van der Waals surface area contributed by atoms with Crippen LogP contribution in [0.5, 0.6) is 5.75 Å². The number of phenolic OH excluding ortho intramolecular Hbond substituents is 1. The van der Waals surface area contributed by atoms with Crippen molar-refractivity contribution >= 4 is 52.2 Å². The van der Waals surface area contributed by atoms with Gasteiger partial charge in [-0.2, -0.15) is 10.1 Å². The van der Waals surface area contributed by atoms with Gasteiger partial charge in [0.15, 0.2) is 4.32 Å². The molecule has 0 saturated carbocycles. The first-order chi connectivity index (χ1) is 12.4. The Bertz CT molecular complexity index is 937. The number of phenols is 1. The topological polar surface area (TPSA) is 96.0 Å². The third-order valence-electron chi connectivity index (χ3n) is 3.39. The fourth-order valence-corrected chi connectivity index (χ4v) is 3.26. The van der Waals surface area contributed by atoms with Crippen LogP contribution in [0.3, 0.4) is 0 Å². The van der Waals surface area contributed by atoms with Gasteiger partial charge >= 0.3 is 0 Å². The van der Waals surface area contributed by atoms with E-state index < -0.39 is 4.92 Å². The molecule has 2 aromatic carbocycles. The predicted molar refractivity (Wildman–Crippen MR) is 104 cm³/mol. The van der Waals surface area contributed by atoms with Gasteiger partial charge < -0.3 is 5.11 Å². The number of nitrogens with zero attached hydrogens (tertiary/aromatic N) is 3. The number of non-ortho nitro benzene ring substituents is 1. The molecule has 1 aliphatic heterocycles. The molecule has 1 heterocycles. The number of benzene rings is 2. The molecule has 9 heteroatoms. The van der Waals surface area contributed by atoms with Gasteiger partial charge in [-0.05, 0) is 53.7 Å². The molecular weight excluding hydrogens is 374 g/mol. The first-order valence-electron chi connectivity index (χ1n) is 7.29. The Kier molecular flexibility index (Phi) is 5.10. The zero-order valence-electron chi connectivity index (χ0n) is 13.1. The second-order valence-corrected chi connectivity index (χ2v) is 6.85. The average Bonchev–Trinajstić information content (AvgIpc) is 2.89. The third kappa shape index (κ3) is 3.95. The lowest BCUT2D eigenvalue weighted by Gasteiger charge is -2.05. The smallest absolute Gasteiger partial charge is 0.286 e. The lowest BCUT2D eigenvalue weighted by molar-refractivity contribution is -0.384. The van der Waals surface area contributed by atoms with Gasteiger partial charge in [0.1, 0.15) is 5.75 Å². The molecule has 0 radical (unpaired) electrons. The molecule has 7 nitrogen and oxygen atoms in total. The highest BCUT2D eigenvalue weighted by Gasteiger charge is 2.32. The van der Waals surface area contributed by atoms with Crippen LogP contribution in [0, 0.1) is 10.1 Å². The second-order valence-electron chi connectivity index (χ2n) is 5.18. The number of amides is 1. The molecular formula is C17H11N3O4S2. The summed E-state index contributed by atoms with van der Waals surface area (Å²) in [5.74, 6) is -0.214. The van der Waals surface area contributed by atoms with Crippen LogP contribution in [0.1, 0.15) is 11.1 Å². The Hall–Kier alpha value is -3.04. The molecule has 0 atom stereocenters. The second kappa shape index (κ2) is 7.46. The normalized spacial score (nSPS) is 16.0. The maximum Gasteiger partial charge on any atom is 0.286 e. The molecule has 0 unspecified atom stereocenters. The molecule has 0 spiro atoms. The van der Waals surface area contributed by atoms with Gasteiger partial charge in [-0.25, -0.2) is 0 Å². The molecule has 1 amide bonds. The molecule has 3 rings (SSSR count). The summed E-state index contributed by atoms with van der Waals surface area (Å²) in [4.78, 5) is 23.0. The van der Waals surface area contributed by atoms with Gasteiger partial charge in [-0.15, -0.1) is 0 Å². The molecule has 0 bridgehead atoms. The minimum atomic E-state index is -0.489. The highest BCUT2D eigenvalue weighted by molar-refractivity contribution is 8.26. The highest BCUT2D eigenvalue weighted by atomic mass is 32.2. The van der Waals surface area contributed by atoms with Crippen molar-refractivity contribution in [1.82, 2.24) is 5.01 Å². The van der Waals surface area contributed by atoms with Crippen molar-refractivity contribution in [3.05, 3.63) is 74.7 Å². The van der Waals surface area contributed by atoms with Crippen LogP contribution in [0.2, 0.25) is 0 Å². The van der Waals surface area contributed by atoms with Crippen molar-refractivity contribution in [2.24, 2.45) is 5.10 Å². The number of hydrogen-bond acceptors (Lipinski definition) is 7. The van der Waals surface area contributed by atoms with E-state index in [0.717, 1.165) is 22.3 Å². The van der Waals surface area contributed by atoms with Crippen molar-refractivity contribution in [2.75, 3.05) is 0 Å². The van der Waals surface area contributed by atoms with Gasteiger partial charge in [0.2, 0.25) is 0 Å². The summed E-state index contributed by atoms with van der Waals surface area (Å²) in [5.41, 5.74) is 1.33. The van der Waals surface area contributed by atoms with E-state index in [0.29, 0.717) is 10.5 Å². The monoisotopic (exact) mass is 385 g/mol. The van der Waals surface area contributed by atoms with Gasteiger partial charge in [0, 0.05) is 12.1 Å². The number of thioether (sulfide) groups is 1. The van der Waals surface area contributed by atoms with Crippen molar-refractivity contribution in [2.45, 2.75) is 0 Å². The standard InChI is InChI=1S/C17H11N3O4S2/c21-14-7-3-11(4-8-14)9-15-16(22)19(17(25)26-15)18-10-12-1-5-13(6-2-12)20(23)24/h1-10,21H/b15-9+,18-10+. The number of hydrogen-bond donors (Lipinski definition) is 1. The summed E-state index contributed by atoms with van der Waals surface area (Å²) >= 11 is 6.31. The fraction of sp³-hybridized carbons (Fsp3) is 0. The Morgan fingerprint density at radius 3 is 2.35 bits per heavy atom. The molecule has 1 N–H and O–H groups in total. The van der Waals surface area contributed by atoms with Gasteiger partial charge in [0.25, 0.3) is 11.6 Å². The van der Waals surface area contributed by atoms with Crippen LogP contribution in [-0.4, -0.2) is 31.5 Å². The minimum Gasteiger partial charge on any atom is -0.508 e. The molecule has 2 aromatic rings. The van der Waals surface area contributed by atoms with E-state index in [-0.39, 0.29) is 21.7 Å². The zero-order valence-corrected chi connectivity index (χ0v) is 14.7. The van der Waals surface area contributed by atoms with Gasteiger partial charge in [-0.1, -0.05) is 23.9 Å². The Balaban J connectivity index is 1.76. The number of carbonyl (C=O) groups is 1. The molecule has 1 aliphatic rings. The predicted octanol–water partition coefficient (Wildman–Crippen LogP) is 3.54. The van der Waals surface area contributed by atoms with E-state index in [1.807, 2.05) is 0 Å². The lowest BCUT2D eigenvalue weighted by atomic mass is 10.2. The van der Waals surface area contributed by atoms with Crippen LogP contribution in [0.15, 0.2) is 58.5 Å². The van der Waals surface area contributed by atoms with Crippen molar-refractivity contribution in [3.8, 4) is 5.75 Å². The van der Waals surface area contributed by atoms with E-state index in [1.165, 1.54) is 42.6 Å². The maximum absolute atomic E-state index is 12.4. The van der Waals surface area contributed by atoms with Crippen molar-refractivity contribution in [3.63, 3.8) is 0 Å². The first kappa shape index (κ1) is 17.8. The minimum absolute atomic E-state index is 0.0235. The van der Waals surface area contributed by atoms with E-state index in [2.05, 4.69) is 5.10 Å². The van der Waals surface area contributed by atoms with Crippen LogP contribution < -0.4 is 0 Å². The first-order valence-corrected chi connectivity index (χ1v) is 8.52. The molecule has 1 fully saturated rings. The number of carbonyl (C=O) groups excluding carboxylic acids is 1. The average molecular weight is 385 g/mol. The quantitative estimate of drug-likeness (QED) is 0.284. The van der Waals surface area contributed by atoms with E-state index in [4.69, 9.17) is 12.2 Å². The maximum atomic E-state index is 12.4.